The molecule has 2 saturated heterocycles. The minimum atomic E-state index is -0.700. The van der Waals surface area contributed by atoms with E-state index in [4.69, 9.17) is 5.11 Å². The molecule has 2 heterocycles. The summed E-state index contributed by atoms with van der Waals surface area (Å²) in [4.78, 5) is 15.6. The molecular weight excluding hydrogens is 206 g/mol. The maximum Gasteiger partial charge on any atom is 0.322 e. The van der Waals surface area contributed by atoms with Crippen LogP contribution in [0.25, 0.3) is 0 Å². The molecule has 0 aliphatic carbocycles. The van der Waals surface area contributed by atoms with Gasteiger partial charge in [0.05, 0.1) is 0 Å². The Bertz CT molecular complexity index is 241. The standard InChI is InChI=1S/C11H21N3O2/c15-11(16)10-9-12-3-6-14(10)8-7-13-4-1-2-5-13/h10,12H,1-9H2,(H,15,16). The number of aliphatic carboxylic acids is 1. The predicted octanol–water partition coefficient (Wildman–Crippen LogP) is -0.559. The minimum Gasteiger partial charge on any atom is -0.480 e. The van der Waals surface area contributed by atoms with E-state index in [9.17, 15) is 4.79 Å². The molecule has 92 valence electrons. The van der Waals surface area contributed by atoms with Crippen molar-refractivity contribution in [1.82, 2.24) is 15.1 Å². The third-order valence-corrected chi connectivity index (χ3v) is 3.54. The van der Waals surface area contributed by atoms with Crippen LogP contribution < -0.4 is 5.32 Å². The zero-order valence-electron chi connectivity index (χ0n) is 9.69. The highest BCUT2D eigenvalue weighted by atomic mass is 16.4. The van der Waals surface area contributed by atoms with Crippen molar-refractivity contribution in [3.8, 4) is 0 Å². The van der Waals surface area contributed by atoms with E-state index >= 15 is 0 Å². The number of hydrogen-bond acceptors (Lipinski definition) is 4. The van der Waals surface area contributed by atoms with E-state index in [2.05, 4.69) is 15.1 Å². The van der Waals surface area contributed by atoms with Gasteiger partial charge in [0.25, 0.3) is 0 Å². The van der Waals surface area contributed by atoms with Gasteiger partial charge in [0.1, 0.15) is 6.04 Å². The maximum atomic E-state index is 11.1. The number of rotatable bonds is 4. The molecule has 5 nitrogen and oxygen atoms in total. The Hall–Kier alpha value is -0.650. The molecule has 2 N–H and O–H groups in total. The van der Waals surface area contributed by atoms with Crippen LogP contribution in [0.4, 0.5) is 0 Å². The quantitative estimate of drug-likeness (QED) is 0.674. The zero-order chi connectivity index (χ0) is 11.4. The molecule has 0 bridgehead atoms. The summed E-state index contributed by atoms with van der Waals surface area (Å²) in [6.07, 6.45) is 2.59. The predicted molar refractivity (Wildman–Crippen MR) is 61.5 cm³/mol. The van der Waals surface area contributed by atoms with E-state index in [-0.39, 0.29) is 6.04 Å². The smallest absolute Gasteiger partial charge is 0.322 e. The van der Waals surface area contributed by atoms with Crippen LogP contribution in [0.2, 0.25) is 0 Å². The molecule has 2 aliphatic heterocycles. The molecular formula is C11H21N3O2. The Morgan fingerprint density at radius 2 is 2.00 bits per heavy atom. The first kappa shape index (κ1) is 11.8. The summed E-state index contributed by atoms with van der Waals surface area (Å²) in [6.45, 7) is 6.61. The topological polar surface area (TPSA) is 55.8 Å². The molecule has 0 aromatic heterocycles. The summed E-state index contributed by atoms with van der Waals surface area (Å²) in [5, 5.41) is 12.2. The summed E-state index contributed by atoms with van der Waals surface area (Å²) in [7, 11) is 0. The van der Waals surface area contributed by atoms with Gasteiger partial charge in [-0.1, -0.05) is 0 Å². The largest absolute Gasteiger partial charge is 0.480 e. The van der Waals surface area contributed by atoms with Crippen molar-refractivity contribution in [1.29, 1.82) is 0 Å². The molecule has 2 fully saturated rings. The molecule has 0 radical (unpaired) electrons. The number of nitrogens with one attached hydrogen (secondary N) is 1. The number of carboxylic acid groups (broad SMARTS) is 1. The normalized spacial score (nSPS) is 28.4. The first-order valence-corrected chi connectivity index (χ1v) is 6.17. The van der Waals surface area contributed by atoms with Crippen LogP contribution in [0.1, 0.15) is 12.8 Å². The van der Waals surface area contributed by atoms with Gasteiger partial charge in [-0.3, -0.25) is 9.69 Å². The van der Waals surface area contributed by atoms with E-state index < -0.39 is 5.97 Å². The Balaban J connectivity index is 1.78. The SMILES string of the molecule is O=C(O)C1CNCCN1CCN1CCCC1. The van der Waals surface area contributed by atoms with Crippen LogP contribution in [0, 0.1) is 0 Å². The maximum absolute atomic E-state index is 11.1. The van der Waals surface area contributed by atoms with Gasteiger partial charge in [0.15, 0.2) is 0 Å². The van der Waals surface area contributed by atoms with E-state index in [1.54, 1.807) is 0 Å². The van der Waals surface area contributed by atoms with Crippen molar-refractivity contribution in [2.75, 3.05) is 45.8 Å². The molecule has 0 spiro atoms. The van der Waals surface area contributed by atoms with Crippen molar-refractivity contribution < 1.29 is 9.90 Å². The van der Waals surface area contributed by atoms with Crippen LogP contribution in [-0.2, 0) is 4.79 Å². The highest BCUT2D eigenvalue weighted by molar-refractivity contribution is 5.73. The zero-order valence-corrected chi connectivity index (χ0v) is 9.69. The lowest BCUT2D eigenvalue weighted by molar-refractivity contribution is -0.144. The van der Waals surface area contributed by atoms with Crippen molar-refractivity contribution >= 4 is 5.97 Å². The second-order valence-corrected chi connectivity index (χ2v) is 4.64. The Labute approximate surface area is 96.4 Å². The summed E-state index contributed by atoms with van der Waals surface area (Å²) in [5.41, 5.74) is 0. The van der Waals surface area contributed by atoms with Gasteiger partial charge in [-0.25, -0.2) is 0 Å². The first-order valence-electron chi connectivity index (χ1n) is 6.17. The van der Waals surface area contributed by atoms with E-state index in [0.29, 0.717) is 6.54 Å². The minimum absolute atomic E-state index is 0.337. The lowest BCUT2D eigenvalue weighted by Crippen LogP contribution is -2.56. The lowest BCUT2D eigenvalue weighted by atomic mass is 10.2. The average molecular weight is 227 g/mol. The van der Waals surface area contributed by atoms with Crippen LogP contribution in [0.5, 0.6) is 0 Å². The number of piperazine rings is 1. The third kappa shape index (κ3) is 2.93. The van der Waals surface area contributed by atoms with Crippen LogP contribution >= 0.6 is 0 Å². The molecule has 0 aromatic rings. The van der Waals surface area contributed by atoms with Crippen LogP contribution in [-0.4, -0.2) is 72.7 Å². The van der Waals surface area contributed by atoms with E-state index in [1.165, 1.54) is 25.9 Å². The van der Waals surface area contributed by atoms with Gasteiger partial charge in [0.2, 0.25) is 0 Å². The fourth-order valence-corrected chi connectivity index (χ4v) is 2.53. The van der Waals surface area contributed by atoms with Gasteiger partial charge in [-0.15, -0.1) is 0 Å². The first-order chi connectivity index (χ1) is 7.77. The number of hydrogen-bond donors (Lipinski definition) is 2. The molecule has 2 aliphatic rings. The molecule has 0 aromatic carbocycles. The number of carboxylic acids is 1. The average Bonchev–Trinajstić information content (AvgIpc) is 2.79. The third-order valence-electron chi connectivity index (χ3n) is 3.54. The lowest BCUT2D eigenvalue weighted by Gasteiger charge is -2.34. The van der Waals surface area contributed by atoms with E-state index in [0.717, 1.165) is 26.2 Å². The number of nitrogens with zero attached hydrogens (tertiary/aromatic N) is 2. The molecule has 5 heteroatoms. The van der Waals surface area contributed by atoms with Crippen molar-refractivity contribution in [2.45, 2.75) is 18.9 Å². The summed E-state index contributed by atoms with van der Waals surface area (Å²) in [5.74, 6) is -0.700. The number of carbonyl (C=O) groups is 1. The summed E-state index contributed by atoms with van der Waals surface area (Å²) >= 11 is 0. The summed E-state index contributed by atoms with van der Waals surface area (Å²) < 4.78 is 0. The molecule has 2 rings (SSSR count). The van der Waals surface area contributed by atoms with Crippen molar-refractivity contribution in [3.05, 3.63) is 0 Å². The second-order valence-electron chi connectivity index (χ2n) is 4.64. The molecule has 16 heavy (non-hydrogen) atoms. The Morgan fingerprint density at radius 3 is 2.69 bits per heavy atom. The molecule has 0 saturated carbocycles. The molecule has 1 atom stereocenters. The van der Waals surface area contributed by atoms with Gasteiger partial charge < -0.3 is 15.3 Å². The molecule has 1 unspecified atom stereocenters. The number of likely N-dealkylation sites (tertiary alicyclic amines) is 1. The van der Waals surface area contributed by atoms with Crippen molar-refractivity contribution in [2.24, 2.45) is 0 Å². The Kier molecular flexibility index (Phi) is 4.15. The fraction of sp³-hybridized carbons (Fsp3) is 0.909. The van der Waals surface area contributed by atoms with Gasteiger partial charge in [0, 0.05) is 32.7 Å². The Morgan fingerprint density at radius 1 is 1.25 bits per heavy atom. The van der Waals surface area contributed by atoms with Gasteiger partial charge in [-0.05, 0) is 25.9 Å². The van der Waals surface area contributed by atoms with Gasteiger partial charge in [-0.2, -0.15) is 0 Å². The van der Waals surface area contributed by atoms with E-state index in [1.807, 2.05) is 0 Å². The monoisotopic (exact) mass is 227 g/mol. The highest BCUT2D eigenvalue weighted by Crippen LogP contribution is 2.09. The molecule has 0 amide bonds. The fourth-order valence-electron chi connectivity index (χ4n) is 2.53. The summed E-state index contributed by atoms with van der Waals surface area (Å²) in [6, 6.07) is -0.337. The second kappa shape index (κ2) is 5.61. The highest BCUT2D eigenvalue weighted by Gasteiger charge is 2.28. The van der Waals surface area contributed by atoms with Gasteiger partial charge >= 0.3 is 5.97 Å². The van der Waals surface area contributed by atoms with Crippen LogP contribution in [0.15, 0.2) is 0 Å². The van der Waals surface area contributed by atoms with Crippen LogP contribution in [0.3, 0.4) is 0 Å². The van der Waals surface area contributed by atoms with Crippen molar-refractivity contribution in [3.63, 3.8) is 0 Å².